The van der Waals surface area contributed by atoms with Gasteiger partial charge in [0.05, 0.1) is 21.3 Å². The lowest BCUT2D eigenvalue weighted by Gasteiger charge is -2.14. The molecule has 4 heteroatoms. The Hall–Kier alpha value is -1.29. The van der Waals surface area contributed by atoms with Crippen LogP contribution in [0.25, 0.3) is 0 Å². The first kappa shape index (κ1) is 12.8. The molecule has 1 aromatic carbocycles. The van der Waals surface area contributed by atoms with E-state index in [1.54, 1.807) is 21.3 Å². The van der Waals surface area contributed by atoms with Crippen molar-refractivity contribution in [3.05, 3.63) is 17.7 Å². The maximum Gasteiger partial charge on any atom is 0.203 e. The minimum Gasteiger partial charge on any atom is -0.493 e. The summed E-state index contributed by atoms with van der Waals surface area (Å²) in [4.78, 5) is 0.874. The molecule has 0 heterocycles. The summed E-state index contributed by atoms with van der Waals surface area (Å²) in [6, 6.07) is 3.74. The van der Waals surface area contributed by atoms with E-state index in [0.29, 0.717) is 17.2 Å². The Morgan fingerprint density at radius 3 is 1.88 bits per heavy atom. The Balaban J connectivity index is 3.31. The van der Waals surface area contributed by atoms with Crippen LogP contribution >= 0.6 is 12.2 Å². The Morgan fingerprint density at radius 2 is 1.56 bits per heavy atom. The zero-order chi connectivity index (χ0) is 12.1. The van der Waals surface area contributed by atoms with Crippen LogP contribution in [0.3, 0.4) is 0 Å². The monoisotopic (exact) mass is 240 g/mol. The predicted octanol–water partition coefficient (Wildman–Crippen LogP) is 2.84. The molecule has 0 atom stereocenters. The molecule has 0 radical (unpaired) electrons. The van der Waals surface area contributed by atoms with Crippen LogP contribution in [0.2, 0.25) is 0 Å². The molecule has 0 unspecified atom stereocenters. The maximum atomic E-state index is 5.26. The molecule has 1 aromatic rings. The van der Waals surface area contributed by atoms with E-state index in [9.17, 15) is 0 Å². The number of methoxy groups -OCH3 is 3. The van der Waals surface area contributed by atoms with Crippen LogP contribution in [-0.2, 0) is 0 Å². The van der Waals surface area contributed by atoms with E-state index in [1.165, 1.54) is 0 Å². The molecular weight excluding hydrogens is 224 g/mol. The zero-order valence-corrected chi connectivity index (χ0v) is 10.8. The lowest BCUT2D eigenvalue weighted by molar-refractivity contribution is 0.324. The number of rotatable bonds is 5. The molecule has 0 aliphatic carbocycles. The van der Waals surface area contributed by atoms with Crippen molar-refractivity contribution in [3.63, 3.8) is 0 Å². The zero-order valence-electron chi connectivity index (χ0n) is 9.99. The Bertz CT molecular complexity index is 363. The molecule has 16 heavy (non-hydrogen) atoms. The number of hydrogen-bond donors (Lipinski definition) is 0. The van der Waals surface area contributed by atoms with Gasteiger partial charge in [-0.1, -0.05) is 19.1 Å². The molecule has 0 N–H and O–H groups in total. The molecule has 0 spiro atoms. The van der Waals surface area contributed by atoms with E-state index in [-0.39, 0.29) is 0 Å². The van der Waals surface area contributed by atoms with E-state index in [0.717, 1.165) is 16.8 Å². The topological polar surface area (TPSA) is 27.7 Å². The highest BCUT2D eigenvalue weighted by atomic mass is 32.1. The van der Waals surface area contributed by atoms with Crippen molar-refractivity contribution < 1.29 is 14.2 Å². The standard InChI is InChI=1S/C12H16O3S/c1-5-11(16)8-6-9(13-2)12(15-4)10(7-8)14-3/h6-7H,5H2,1-4H3. The molecule has 0 saturated carbocycles. The highest BCUT2D eigenvalue weighted by Gasteiger charge is 2.14. The second-order valence-corrected chi connectivity index (χ2v) is 3.68. The fourth-order valence-corrected chi connectivity index (χ4v) is 1.56. The van der Waals surface area contributed by atoms with Crippen LogP contribution in [0.1, 0.15) is 18.9 Å². The average Bonchev–Trinajstić information content (AvgIpc) is 2.35. The van der Waals surface area contributed by atoms with Crippen molar-refractivity contribution in [3.8, 4) is 17.2 Å². The van der Waals surface area contributed by atoms with Crippen LogP contribution in [0, 0.1) is 0 Å². The van der Waals surface area contributed by atoms with Crippen molar-refractivity contribution in [2.45, 2.75) is 13.3 Å². The SMILES string of the molecule is CCC(=S)c1cc(OC)c(OC)c(OC)c1. The summed E-state index contributed by atoms with van der Waals surface area (Å²) in [5.74, 6) is 1.85. The third kappa shape index (κ3) is 2.44. The molecule has 0 aliphatic heterocycles. The molecule has 88 valence electrons. The number of benzene rings is 1. The van der Waals surface area contributed by atoms with Gasteiger partial charge in [0, 0.05) is 4.86 Å². The maximum absolute atomic E-state index is 5.26. The first-order valence-electron chi connectivity index (χ1n) is 5.01. The summed E-state index contributed by atoms with van der Waals surface area (Å²) >= 11 is 5.26. The van der Waals surface area contributed by atoms with E-state index in [1.807, 2.05) is 19.1 Å². The van der Waals surface area contributed by atoms with Crippen LogP contribution < -0.4 is 14.2 Å². The molecule has 3 nitrogen and oxygen atoms in total. The van der Waals surface area contributed by atoms with Crippen LogP contribution in [0.4, 0.5) is 0 Å². The third-order valence-electron chi connectivity index (χ3n) is 2.31. The van der Waals surface area contributed by atoms with Crippen LogP contribution in [0.15, 0.2) is 12.1 Å². The Morgan fingerprint density at radius 1 is 1.06 bits per heavy atom. The van der Waals surface area contributed by atoms with Crippen LogP contribution in [-0.4, -0.2) is 26.2 Å². The molecular formula is C12H16O3S. The lowest BCUT2D eigenvalue weighted by atomic mass is 10.1. The highest BCUT2D eigenvalue weighted by molar-refractivity contribution is 7.80. The van der Waals surface area contributed by atoms with Gasteiger partial charge in [0.2, 0.25) is 5.75 Å². The van der Waals surface area contributed by atoms with Crippen LogP contribution in [0.5, 0.6) is 17.2 Å². The molecule has 0 aromatic heterocycles. The molecule has 0 amide bonds. The summed E-state index contributed by atoms with van der Waals surface area (Å²) in [6.07, 6.45) is 0.813. The van der Waals surface area contributed by atoms with Gasteiger partial charge in [0.25, 0.3) is 0 Å². The molecule has 0 bridgehead atoms. The molecule has 0 fully saturated rings. The first-order valence-corrected chi connectivity index (χ1v) is 5.41. The predicted molar refractivity (Wildman–Crippen MR) is 68.1 cm³/mol. The van der Waals surface area contributed by atoms with Gasteiger partial charge in [-0.05, 0) is 24.1 Å². The normalized spacial score (nSPS) is 9.75. The van der Waals surface area contributed by atoms with Gasteiger partial charge in [0.15, 0.2) is 11.5 Å². The van der Waals surface area contributed by atoms with Gasteiger partial charge < -0.3 is 14.2 Å². The second kappa shape index (κ2) is 5.70. The van der Waals surface area contributed by atoms with Crippen molar-refractivity contribution in [2.75, 3.05) is 21.3 Å². The van der Waals surface area contributed by atoms with Gasteiger partial charge in [-0.15, -0.1) is 0 Å². The van der Waals surface area contributed by atoms with Crippen molar-refractivity contribution >= 4 is 17.1 Å². The van der Waals surface area contributed by atoms with E-state index in [4.69, 9.17) is 26.4 Å². The molecule has 0 saturated heterocycles. The smallest absolute Gasteiger partial charge is 0.203 e. The fraction of sp³-hybridized carbons (Fsp3) is 0.417. The fourth-order valence-electron chi connectivity index (χ4n) is 1.45. The van der Waals surface area contributed by atoms with E-state index in [2.05, 4.69) is 0 Å². The highest BCUT2D eigenvalue weighted by Crippen LogP contribution is 2.38. The van der Waals surface area contributed by atoms with E-state index < -0.39 is 0 Å². The summed E-state index contributed by atoms with van der Waals surface area (Å²) in [5.41, 5.74) is 0.937. The molecule has 0 aliphatic rings. The van der Waals surface area contributed by atoms with E-state index >= 15 is 0 Å². The van der Waals surface area contributed by atoms with Gasteiger partial charge in [-0.25, -0.2) is 0 Å². The summed E-state index contributed by atoms with van der Waals surface area (Å²) < 4.78 is 15.7. The minimum absolute atomic E-state index is 0.590. The Kier molecular flexibility index (Phi) is 4.55. The van der Waals surface area contributed by atoms with Gasteiger partial charge in [-0.2, -0.15) is 0 Å². The van der Waals surface area contributed by atoms with Crippen molar-refractivity contribution in [2.24, 2.45) is 0 Å². The summed E-state index contributed by atoms with van der Waals surface area (Å²) in [6.45, 7) is 2.02. The Labute approximate surface area is 101 Å². The first-order chi connectivity index (χ1) is 7.67. The van der Waals surface area contributed by atoms with Crippen molar-refractivity contribution in [1.29, 1.82) is 0 Å². The number of hydrogen-bond acceptors (Lipinski definition) is 4. The molecule has 1 rings (SSSR count). The summed E-state index contributed by atoms with van der Waals surface area (Å²) in [5, 5.41) is 0. The van der Waals surface area contributed by atoms with Crippen molar-refractivity contribution in [1.82, 2.24) is 0 Å². The lowest BCUT2D eigenvalue weighted by Crippen LogP contribution is -2.00. The minimum atomic E-state index is 0.590. The third-order valence-corrected chi connectivity index (χ3v) is 2.83. The van der Waals surface area contributed by atoms with Gasteiger partial charge in [-0.3, -0.25) is 0 Å². The number of thiocarbonyl (C=S) groups is 1. The van der Waals surface area contributed by atoms with Gasteiger partial charge >= 0.3 is 0 Å². The number of ether oxygens (including phenoxy) is 3. The summed E-state index contributed by atoms with van der Waals surface area (Å²) in [7, 11) is 4.77. The largest absolute Gasteiger partial charge is 0.493 e. The average molecular weight is 240 g/mol. The quantitative estimate of drug-likeness (QED) is 0.584. The van der Waals surface area contributed by atoms with Gasteiger partial charge in [0.1, 0.15) is 0 Å². The second-order valence-electron chi connectivity index (χ2n) is 3.19.